The van der Waals surface area contributed by atoms with Crippen molar-refractivity contribution in [2.24, 2.45) is 9.98 Å². The van der Waals surface area contributed by atoms with E-state index in [-0.39, 0.29) is 37.6 Å². The maximum Gasteiger partial charge on any atom is 0.345 e. The quantitative estimate of drug-likeness (QED) is 0.00526. The van der Waals surface area contributed by atoms with Crippen LogP contribution in [-0.4, -0.2) is 74.7 Å². The van der Waals surface area contributed by atoms with E-state index in [9.17, 15) is 28.8 Å². The Bertz CT molecular complexity index is 3060. The lowest BCUT2D eigenvalue weighted by molar-refractivity contribution is -0.148. The van der Waals surface area contributed by atoms with Crippen LogP contribution in [0.3, 0.4) is 0 Å². The Kier molecular flexibility index (Phi) is 49.9. The summed E-state index contributed by atoms with van der Waals surface area (Å²) in [5, 5.41) is 0. The van der Waals surface area contributed by atoms with E-state index in [1.165, 1.54) is 218 Å². The molecule has 0 bridgehead atoms. The molecule has 14 heteroatoms. The summed E-state index contributed by atoms with van der Waals surface area (Å²) in [6.07, 6.45) is 58.1. The number of aliphatic imine (C=N–C) groups is 2. The van der Waals surface area contributed by atoms with Crippen LogP contribution in [0.1, 0.15) is 353 Å². The molecule has 5 aromatic carbocycles. The number of hydrogen-bond acceptors (Lipinski definition) is 14. The van der Waals surface area contributed by atoms with Crippen molar-refractivity contribution in [3.05, 3.63) is 166 Å². The van der Waals surface area contributed by atoms with Crippen LogP contribution in [-0.2, 0) is 38.1 Å². The molecule has 0 saturated heterocycles. The fourth-order valence-electron chi connectivity index (χ4n) is 12.7. The summed E-state index contributed by atoms with van der Waals surface area (Å²) < 4.78 is 34.0. The number of benzene rings is 5. The monoisotopic (exact) mass is 1480 g/mol. The summed E-state index contributed by atoms with van der Waals surface area (Å²) in [6, 6.07) is 34.4. The van der Waals surface area contributed by atoms with Crippen molar-refractivity contribution in [3.8, 4) is 11.5 Å². The number of ether oxygens (including phenoxy) is 6. The van der Waals surface area contributed by atoms with E-state index in [0.717, 1.165) is 88.2 Å². The van der Waals surface area contributed by atoms with Crippen molar-refractivity contribution in [1.29, 1.82) is 0 Å². The van der Waals surface area contributed by atoms with Gasteiger partial charge in [0.25, 0.3) is 0 Å². The standard InChI is InChI=1S/C94H132N2O12/c1-5-9-13-17-21-25-29-33-37-41-45-69-103-91(99)87(92(100)104-70-46-42-38-34-30-26-22-18-14-10-6-2)73-77-49-57-81(58-50-77)89(97)107-85-65-53-79(54-66-85)75-95-83-61-63-84(64-62-83)96-76-80-55-67-86(68-56-80)108-90(98)82-59-51-78(52-60-82)74-88(93(101)105-71-47-43-39-35-31-27-23-19-15-11-7-3)94(102)106-72-48-44-40-36-32-28-24-20-16-12-8-4/h49-68,73-76H,5-48,69-72H2,1-4H3. The molecule has 108 heavy (non-hydrogen) atoms. The molecule has 0 radical (unpaired) electrons. The third-order valence-corrected chi connectivity index (χ3v) is 19.5. The van der Waals surface area contributed by atoms with Crippen molar-refractivity contribution in [3.63, 3.8) is 0 Å². The third-order valence-electron chi connectivity index (χ3n) is 19.5. The van der Waals surface area contributed by atoms with Gasteiger partial charge in [0.1, 0.15) is 22.6 Å². The highest BCUT2D eigenvalue weighted by molar-refractivity contribution is 6.18. The van der Waals surface area contributed by atoms with Crippen LogP contribution in [0, 0.1) is 0 Å². The van der Waals surface area contributed by atoms with Crippen molar-refractivity contribution in [2.45, 2.75) is 310 Å². The van der Waals surface area contributed by atoms with Gasteiger partial charge >= 0.3 is 35.8 Å². The predicted octanol–water partition coefficient (Wildman–Crippen LogP) is 25.8. The van der Waals surface area contributed by atoms with Crippen LogP contribution < -0.4 is 9.47 Å². The van der Waals surface area contributed by atoms with E-state index in [1.807, 2.05) is 24.3 Å². The molecule has 0 aliphatic heterocycles. The minimum absolute atomic E-state index is 0.175. The van der Waals surface area contributed by atoms with Crippen molar-refractivity contribution in [1.82, 2.24) is 0 Å². The summed E-state index contributed by atoms with van der Waals surface area (Å²) in [5.74, 6) is -3.30. The molecule has 0 N–H and O–H groups in total. The normalized spacial score (nSPS) is 11.2. The number of carbonyl (C=O) groups excluding carboxylic acids is 6. The lowest BCUT2D eigenvalue weighted by atomic mass is 10.1. The second kappa shape index (κ2) is 59.7. The average Bonchev–Trinajstić information content (AvgIpc) is 0.855. The van der Waals surface area contributed by atoms with Gasteiger partial charge in [-0.1, -0.05) is 309 Å². The highest BCUT2D eigenvalue weighted by atomic mass is 16.6. The SMILES string of the molecule is CCCCCCCCCCCCCOC(=O)C(=Cc1ccc(C(=O)Oc2ccc(C=Nc3ccc(N=Cc4ccc(OC(=O)c5ccc(C=C(C(=O)OCCCCCCCCCCCCC)C(=O)OCCCCCCCCCCCCC)cc5)cc4)cc3)cc2)cc1)C(=O)OCCCCCCCCCCCCC. The van der Waals surface area contributed by atoms with E-state index < -0.39 is 35.8 Å². The number of rotatable bonds is 62. The highest BCUT2D eigenvalue weighted by Gasteiger charge is 2.24. The molecular weight excluding hydrogens is 1350 g/mol. The highest BCUT2D eigenvalue weighted by Crippen LogP contribution is 2.24. The number of esters is 6. The van der Waals surface area contributed by atoms with Crippen molar-refractivity contribution >= 4 is 71.8 Å². The summed E-state index contributed by atoms with van der Waals surface area (Å²) in [5.41, 5.74) is 4.30. The third kappa shape index (κ3) is 41.9. The molecule has 0 aliphatic rings. The van der Waals surface area contributed by atoms with E-state index in [4.69, 9.17) is 28.4 Å². The van der Waals surface area contributed by atoms with E-state index >= 15 is 0 Å². The minimum Gasteiger partial charge on any atom is -0.462 e. The first-order valence-corrected chi connectivity index (χ1v) is 42.1. The average molecular weight is 1480 g/mol. The Morgan fingerprint density at radius 3 is 0.676 bits per heavy atom. The zero-order valence-electron chi connectivity index (χ0n) is 66.6. The Morgan fingerprint density at radius 2 is 0.454 bits per heavy atom. The molecule has 0 amide bonds. The van der Waals surface area contributed by atoms with Gasteiger partial charge in [0, 0.05) is 12.4 Å². The second-order valence-electron chi connectivity index (χ2n) is 29.0. The molecule has 0 aliphatic carbocycles. The maximum atomic E-state index is 13.4. The van der Waals surface area contributed by atoms with Crippen LogP contribution in [0.15, 0.2) is 142 Å². The summed E-state index contributed by atoms with van der Waals surface area (Å²) >= 11 is 0. The van der Waals surface area contributed by atoms with Gasteiger partial charge in [-0.05, 0) is 157 Å². The molecule has 0 heterocycles. The first-order valence-electron chi connectivity index (χ1n) is 42.1. The zero-order chi connectivity index (χ0) is 77.0. The van der Waals surface area contributed by atoms with E-state index in [2.05, 4.69) is 37.7 Å². The summed E-state index contributed by atoms with van der Waals surface area (Å²) in [4.78, 5) is 89.7. The second-order valence-corrected chi connectivity index (χ2v) is 29.0. The zero-order valence-corrected chi connectivity index (χ0v) is 66.6. The molecule has 5 rings (SSSR count). The molecule has 590 valence electrons. The topological polar surface area (TPSA) is 183 Å². The van der Waals surface area contributed by atoms with Gasteiger partial charge in [-0.2, -0.15) is 0 Å². The van der Waals surface area contributed by atoms with Gasteiger partial charge in [-0.25, -0.2) is 28.8 Å². The van der Waals surface area contributed by atoms with Crippen LogP contribution in [0.25, 0.3) is 12.2 Å². The first-order chi connectivity index (χ1) is 53.0. The molecule has 0 saturated carbocycles. The molecular formula is C94H132N2O12. The molecule has 0 fully saturated rings. The van der Waals surface area contributed by atoms with Crippen LogP contribution in [0.2, 0.25) is 0 Å². The Balaban J connectivity index is 1.07. The van der Waals surface area contributed by atoms with Crippen LogP contribution >= 0.6 is 0 Å². The molecule has 0 atom stereocenters. The number of hydrogen-bond donors (Lipinski definition) is 0. The maximum absolute atomic E-state index is 13.4. The van der Waals surface area contributed by atoms with Gasteiger partial charge in [0.05, 0.1) is 48.9 Å². The Hall–Kier alpha value is -8.26. The lowest BCUT2D eigenvalue weighted by Gasteiger charge is -2.10. The van der Waals surface area contributed by atoms with Gasteiger partial charge in [-0.3, -0.25) is 9.98 Å². The summed E-state index contributed by atoms with van der Waals surface area (Å²) in [6.45, 7) is 9.85. The van der Waals surface area contributed by atoms with Crippen LogP contribution in [0.4, 0.5) is 11.4 Å². The van der Waals surface area contributed by atoms with Gasteiger partial charge in [0.15, 0.2) is 0 Å². The van der Waals surface area contributed by atoms with E-state index in [0.29, 0.717) is 45.1 Å². The van der Waals surface area contributed by atoms with Crippen molar-refractivity contribution in [2.75, 3.05) is 26.4 Å². The molecule has 14 nitrogen and oxygen atoms in total. The van der Waals surface area contributed by atoms with Gasteiger partial charge in [-0.15, -0.1) is 0 Å². The Morgan fingerprint density at radius 1 is 0.250 bits per heavy atom. The van der Waals surface area contributed by atoms with Crippen molar-refractivity contribution < 1.29 is 57.2 Å². The van der Waals surface area contributed by atoms with E-state index in [1.54, 1.807) is 109 Å². The minimum atomic E-state index is -0.715. The van der Waals surface area contributed by atoms with Gasteiger partial charge in [0.2, 0.25) is 0 Å². The number of nitrogens with zero attached hydrogens (tertiary/aromatic N) is 2. The fourth-order valence-corrected chi connectivity index (χ4v) is 12.7. The number of unbranched alkanes of at least 4 members (excludes halogenated alkanes) is 40. The van der Waals surface area contributed by atoms with Gasteiger partial charge < -0.3 is 28.4 Å². The molecule has 5 aromatic rings. The molecule has 0 aromatic heterocycles. The smallest absolute Gasteiger partial charge is 0.345 e. The largest absolute Gasteiger partial charge is 0.462 e. The van der Waals surface area contributed by atoms with Crippen LogP contribution in [0.5, 0.6) is 11.5 Å². The first kappa shape index (κ1) is 90.4. The Labute approximate surface area is 649 Å². The number of carbonyl (C=O) groups is 6. The molecule has 0 spiro atoms. The summed E-state index contributed by atoms with van der Waals surface area (Å²) in [7, 11) is 0. The fraction of sp³-hybridized carbons (Fsp3) is 0.553. The molecule has 0 unspecified atom stereocenters. The predicted molar refractivity (Wildman–Crippen MR) is 442 cm³/mol. The lowest BCUT2D eigenvalue weighted by Crippen LogP contribution is -2.19.